The zero-order valence-electron chi connectivity index (χ0n) is 12.2. The van der Waals surface area contributed by atoms with E-state index in [1.54, 1.807) is 7.11 Å². The first kappa shape index (κ1) is 15.4. The van der Waals surface area contributed by atoms with Gasteiger partial charge in [0.1, 0.15) is 5.54 Å². The third-order valence-electron chi connectivity index (χ3n) is 3.50. The fraction of sp³-hybridized carbons (Fsp3) is 0.929. The second kappa shape index (κ2) is 7.08. The molecule has 0 amide bonds. The number of ether oxygens (including phenoxy) is 1. The summed E-state index contributed by atoms with van der Waals surface area (Å²) in [4.78, 5) is 2.39. The molecule has 0 spiro atoms. The van der Waals surface area contributed by atoms with Crippen LogP contribution >= 0.6 is 0 Å². The van der Waals surface area contributed by atoms with Crippen LogP contribution in [0.3, 0.4) is 0 Å². The van der Waals surface area contributed by atoms with E-state index in [0.29, 0.717) is 12.0 Å². The first-order valence-electron chi connectivity index (χ1n) is 6.89. The normalized spacial score (nSPS) is 21.8. The van der Waals surface area contributed by atoms with Gasteiger partial charge < -0.3 is 9.64 Å². The largest absolute Gasteiger partial charge is 0.384 e. The SMILES string of the molecule is COCC1CCN(CC(C)(C#N)NC(C)C)CC1. The standard InChI is InChI=1S/C14H27N3O/c1-12(2)16-14(3,10-15)11-17-7-5-13(6-8-17)9-18-4/h12-13,16H,5-9,11H2,1-4H3. The maximum atomic E-state index is 9.34. The number of nitrogens with zero attached hydrogens (tertiary/aromatic N) is 2. The van der Waals surface area contributed by atoms with Crippen molar-refractivity contribution < 1.29 is 4.74 Å². The summed E-state index contributed by atoms with van der Waals surface area (Å²) in [5.41, 5.74) is -0.442. The van der Waals surface area contributed by atoms with Crippen molar-refractivity contribution in [3.63, 3.8) is 0 Å². The lowest BCUT2D eigenvalue weighted by atomic mass is 9.95. The summed E-state index contributed by atoms with van der Waals surface area (Å²) < 4.78 is 5.21. The van der Waals surface area contributed by atoms with Crippen molar-refractivity contribution >= 4 is 0 Å². The van der Waals surface area contributed by atoms with E-state index >= 15 is 0 Å². The highest BCUT2D eigenvalue weighted by Gasteiger charge is 2.29. The Kier molecular flexibility index (Phi) is 6.07. The van der Waals surface area contributed by atoms with Gasteiger partial charge in [0.15, 0.2) is 0 Å². The Hall–Kier alpha value is -0.630. The number of piperidine rings is 1. The van der Waals surface area contributed by atoms with E-state index in [4.69, 9.17) is 4.74 Å². The summed E-state index contributed by atoms with van der Waals surface area (Å²) in [7, 11) is 1.77. The second-order valence-corrected chi connectivity index (χ2v) is 5.92. The van der Waals surface area contributed by atoms with E-state index in [1.165, 1.54) is 12.8 Å². The first-order valence-corrected chi connectivity index (χ1v) is 6.89. The molecule has 1 fully saturated rings. The molecule has 0 aromatic rings. The topological polar surface area (TPSA) is 48.3 Å². The lowest BCUT2D eigenvalue weighted by molar-refractivity contribution is 0.0907. The van der Waals surface area contributed by atoms with Crippen LogP contribution in [0.4, 0.5) is 0 Å². The highest BCUT2D eigenvalue weighted by Crippen LogP contribution is 2.19. The maximum Gasteiger partial charge on any atom is 0.116 e. The van der Waals surface area contributed by atoms with Crippen LogP contribution in [0.5, 0.6) is 0 Å². The Balaban J connectivity index is 2.41. The number of rotatable bonds is 6. The molecule has 104 valence electrons. The van der Waals surface area contributed by atoms with Gasteiger partial charge in [0.2, 0.25) is 0 Å². The fourth-order valence-electron chi connectivity index (χ4n) is 2.74. The van der Waals surface area contributed by atoms with Gasteiger partial charge in [-0.15, -0.1) is 0 Å². The van der Waals surface area contributed by atoms with Crippen molar-refractivity contribution in [2.45, 2.75) is 45.2 Å². The van der Waals surface area contributed by atoms with E-state index in [1.807, 2.05) is 6.92 Å². The molecule has 0 radical (unpaired) electrons. The monoisotopic (exact) mass is 253 g/mol. The van der Waals surface area contributed by atoms with Crippen molar-refractivity contribution in [2.24, 2.45) is 5.92 Å². The molecule has 0 aromatic carbocycles. The molecule has 1 aliphatic rings. The van der Waals surface area contributed by atoms with Gasteiger partial charge >= 0.3 is 0 Å². The van der Waals surface area contributed by atoms with E-state index in [0.717, 1.165) is 26.2 Å². The smallest absolute Gasteiger partial charge is 0.116 e. The van der Waals surface area contributed by atoms with E-state index in [-0.39, 0.29) is 0 Å². The van der Waals surface area contributed by atoms with E-state index < -0.39 is 5.54 Å². The minimum Gasteiger partial charge on any atom is -0.384 e. The van der Waals surface area contributed by atoms with Crippen LogP contribution in [0.2, 0.25) is 0 Å². The Morgan fingerprint density at radius 3 is 2.50 bits per heavy atom. The van der Waals surface area contributed by atoms with Gasteiger partial charge in [0.25, 0.3) is 0 Å². The Morgan fingerprint density at radius 2 is 2.06 bits per heavy atom. The number of likely N-dealkylation sites (tertiary alicyclic amines) is 1. The maximum absolute atomic E-state index is 9.34. The third kappa shape index (κ3) is 4.93. The summed E-state index contributed by atoms with van der Waals surface area (Å²) in [6, 6.07) is 2.75. The number of methoxy groups -OCH3 is 1. The molecule has 1 saturated heterocycles. The molecule has 4 heteroatoms. The molecule has 1 aliphatic heterocycles. The van der Waals surface area contributed by atoms with Crippen molar-refractivity contribution in [1.29, 1.82) is 5.26 Å². The predicted molar refractivity (Wildman–Crippen MR) is 73.3 cm³/mol. The molecule has 0 bridgehead atoms. The Bertz CT molecular complexity index is 279. The zero-order valence-corrected chi connectivity index (χ0v) is 12.2. The van der Waals surface area contributed by atoms with Gasteiger partial charge in [-0.3, -0.25) is 5.32 Å². The molecule has 1 N–H and O–H groups in total. The lowest BCUT2D eigenvalue weighted by Gasteiger charge is -2.37. The summed E-state index contributed by atoms with van der Waals surface area (Å²) in [5.74, 6) is 0.692. The molecule has 0 saturated carbocycles. The van der Waals surface area contributed by atoms with Gasteiger partial charge in [0.05, 0.1) is 6.07 Å². The molecule has 4 nitrogen and oxygen atoms in total. The highest BCUT2D eigenvalue weighted by molar-refractivity contribution is 5.06. The van der Waals surface area contributed by atoms with Crippen molar-refractivity contribution in [3.8, 4) is 6.07 Å². The van der Waals surface area contributed by atoms with Crippen molar-refractivity contribution in [2.75, 3.05) is 33.4 Å². The number of hydrogen-bond donors (Lipinski definition) is 1. The molecule has 1 heterocycles. The summed E-state index contributed by atoms with van der Waals surface area (Å²) in [6.45, 7) is 9.99. The third-order valence-corrected chi connectivity index (χ3v) is 3.50. The van der Waals surface area contributed by atoms with Gasteiger partial charge in [-0.25, -0.2) is 0 Å². The van der Waals surface area contributed by atoms with Gasteiger partial charge in [0, 0.05) is 26.3 Å². The fourth-order valence-corrected chi connectivity index (χ4v) is 2.74. The highest BCUT2D eigenvalue weighted by atomic mass is 16.5. The minimum absolute atomic E-state index is 0.334. The van der Waals surface area contributed by atoms with E-state index in [2.05, 4.69) is 30.1 Å². The molecule has 1 rings (SSSR count). The quantitative estimate of drug-likeness (QED) is 0.781. The zero-order chi connectivity index (χ0) is 13.6. The van der Waals surface area contributed by atoms with Gasteiger partial charge in [-0.05, 0) is 52.6 Å². The summed E-state index contributed by atoms with van der Waals surface area (Å²) in [6.07, 6.45) is 2.36. The second-order valence-electron chi connectivity index (χ2n) is 5.92. The molecular weight excluding hydrogens is 226 g/mol. The molecule has 0 aromatic heterocycles. The van der Waals surface area contributed by atoms with Crippen LogP contribution in [0.15, 0.2) is 0 Å². The van der Waals surface area contributed by atoms with Crippen LogP contribution < -0.4 is 5.32 Å². The minimum atomic E-state index is -0.442. The molecule has 1 unspecified atom stereocenters. The number of nitriles is 1. The molecule has 18 heavy (non-hydrogen) atoms. The van der Waals surface area contributed by atoms with Crippen LogP contribution in [0.1, 0.15) is 33.6 Å². The van der Waals surface area contributed by atoms with Crippen LogP contribution in [0, 0.1) is 17.2 Å². The molecule has 1 atom stereocenters. The van der Waals surface area contributed by atoms with E-state index in [9.17, 15) is 5.26 Å². The average molecular weight is 253 g/mol. The van der Waals surface area contributed by atoms with Crippen LogP contribution in [-0.4, -0.2) is 49.8 Å². The molecule has 0 aliphatic carbocycles. The lowest BCUT2D eigenvalue weighted by Crippen LogP contribution is -2.54. The van der Waals surface area contributed by atoms with Crippen molar-refractivity contribution in [3.05, 3.63) is 0 Å². The number of nitrogens with one attached hydrogen (secondary N) is 1. The Labute approximate surface area is 111 Å². The van der Waals surface area contributed by atoms with Crippen LogP contribution in [0.25, 0.3) is 0 Å². The average Bonchev–Trinajstić information content (AvgIpc) is 2.31. The van der Waals surface area contributed by atoms with Gasteiger partial charge in [-0.1, -0.05) is 0 Å². The Morgan fingerprint density at radius 1 is 1.44 bits per heavy atom. The molecular formula is C14H27N3O. The summed E-state index contributed by atoms with van der Waals surface area (Å²) >= 11 is 0. The summed E-state index contributed by atoms with van der Waals surface area (Å²) in [5, 5.41) is 12.7. The predicted octanol–water partition coefficient (Wildman–Crippen LogP) is 1.63. The van der Waals surface area contributed by atoms with Crippen molar-refractivity contribution in [1.82, 2.24) is 10.2 Å². The van der Waals surface area contributed by atoms with Gasteiger partial charge in [-0.2, -0.15) is 5.26 Å². The van der Waals surface area contributed by atoms with Crippen LogP contribution in [-0.2, 0) is 4.74 Å². The first-order chi connectivity index (χ1) is 8.49. The number of hydrogen-bond acceptors (Lipinski definition) is 4.